The van der Waals surface area contributed by atoms with Crippen molar-refractivity contribution < 1.29 is 18.4 Å². The predicted octanol–water partition coefficient (Wildman–Crippen LogP) is 3.88. The number of ether oxygens (including phenoxy) is 1. The first-order chi connectivity index (χ1) is 14.3. The molecule has 0 bridgehead atoms. The van der Waals surface area contributed by atoms with Crippen LogP contribution in [0.5, 0.6) is 0 Å². The number of furan rings is 2. The summed E-state index contributed by atoms with van der Waals surface area (Å²) in [6.45, 7) is 11.8. The Labute approximate surface area is 178 Å². The summed E-state index contributed by atoms with van der Waals surface area (Å²) in [4.78, 5) is 15.1. The lowest BCUT2D eigenvalue weighted by atomic mass is 9.75. The van der Waals surface area contributed by atoms with E-state index in [0.717, 1.165) is 54.5 Å². The molecule has 7 nitrogen and oxygen atoms in total. The summed E-state index contributed by atoms with van der Waals surface area (Å²) in [7, 11) is 0. The van der Waals surface area contributed by atoms with Crippen LogP contribution in [0.25, 0.3) is 0 Å². The van der Waals surface area contributed by atoms with Crippen LogP contribution in [-0.2, 0) is 11.2 Å². The van der Waals surface area contributed by atoms with Crippen LogP contribution < -0.4 is 10.6 Å². The molecule has 7 heteroatoms. The molecule has 2 amide bonds. The average Bonchev–Trinajstić information content (AvgIpc) is 3.27. The number of nitrogens with zero attached hydrogens (tertiary/aromatic N) is 1. The van der Waals surface area contributed by atoms with Gasteiger partial charge in [0.1, 0.15) is 23.0 Å². The number of nitrogens with one attached hydrogen (secondary N) is 2. The molecule has 2 atom stereocenters. The number of rotatable bonds is 5. The van der Waals surface area contributed by atoms with Gasteiger partial charge in [0, 0.05) is 31.6 Å². The maximum atomic E-state index is 12.8. The molecule has 1 saturated heterocycles. The molecule has 0 saturated carbocycles. The molecule has 2 aliphatic rings. The van der Waals surface area contributed by atoms with Crippen LogP contribution >= 0.6 is 0 Å². The van der Waals surface area contributed by atoms with Crippen LogP contribution in [0.3, 0.4) is 0 Å². The van der Waals surface area contributed by atoms with Gasteiger partial charge in [0.15, 0.2) is 0 Å². The van der Waals surface area contributed by atoms with Gasteiger partial charge in [-0.3, -0.25) is 4.90 Å². The van der Waals surface area contributed by atoms with Gasteiger partial charge < -0.3 is 24.2 Å². The van der Waals surface area contributed by atoms with E-state index in [9.17, 15) is 4.79 Å². The van der Waals surface area contributed by atoms with Crippen molar-refractivity contribution in [3.63, 3.8) is 0 Å². The molecule has 2 N–H and O–H groups in total. The normalized spacial score (nSPS) is 22.3. The maximum Gasteiger partial charge on any atom is 0.315 e. The van der Waals surface area contributed by atoms with Crippen LogP contribution in [0.4, 0.5) is 4.79 Å². The number of morpholine rings is 1. The third-order valence-electron chi connectivity index (χ3n) is 6.07. The number of urea groups is 1. The first-order valence-electron chi connectivity index (χ1n) is 10.8. The summed E-state index contributed by atoms with van der Waals surface area (Å²) in [6.07, 6.45) is 1.78. The summed E-state index contributed by atoms with van der Waals surface area (Å²) in [6, 6.07) is 5.80. The van der Waals surface area contributed by atoms with Gasteiger partial charge in [-0.05, 0) is 43.9 Å². The average molecular weight is 416 g/mol. The minimum atomic E-state index is -0.163. The molecule has 0 spiro atoms. The molecular weight excluding hydrogens is 382 g/mol. The van der Waals surface area contributed by atoms with Gasteiger partial charge in [-0.1, -0.05) is 13.8 Å². The Hall–Kier alpha value is -2.25. The van der Waals surface area contributed by atoms with Gasteiger partial charge in [0.2, 0.25) is 0 Å². The van der Waals surface area contributed by atoms with Gasteiger partial charge in [-0.2, -0.15) is 0 Å². The van der Waals surface area contributed by atoms with E-state index in [2.05, 4.69) is 35.4 Å². The molecular formula is C23H33N3O4. The Kier molecular flexibility index (Phi) is 5.93. The van der Waals surface area contributed by atoms with Crippen LogP contribution in [0.15, 0.2) is 27.0 Å². The number of hydrogen-bond donors (Lipinski definition) is 2. The van der Waals surface area contributed by atoms with E-state index in [-0.39, 0.29) is 23.5 Å². The van der Waals surface area contributed by atoms with Gasteiger partial charge in [-0.15, -0.1) is 0 Å². The SMILES string of the molecule is Cc1ccc(C(CNC(=O)NC2CC(C)(C)Cc3oc(C)cc32)N2CCOCC2)o1. The molecule has 4 rings (SSSR count). The zero-order valence-corrected chi connectivity index (χ0v) is 18.4. The van der Waals surface area contributed by atoms with Crippen molar-refractivity contribution >= 4 is 6.03 Å². The van der Waals surface area contributed by atoms with E-state index in [1.165, 1.54) is 0 Å². The molecule has 2 aromatic rings. The van der Waals surface area contributed by atoms with Crippen molar-refractivity contribution in [1.29, 1.82) is 0 Å². The van der Waals surface area contributed by atoms with Crippen LogP contribution in [-0.4, -0.2) is 43.8 Å². The Balaban J connectivity index is 1.42. The topological polar surface area (TPSA) is 79.9 Å². The highest BCUT2D eigenvalue weighted by molar-refractivity contribution is 5.74. The van der Waals surface area contributed by atoms with Crippen molar-refractivity contribution in [3.8, 4) is 0 Å². The van der Waals surface area contributed by atoms with Crippen molar-refractivity contribution in [1.82, 2.24) is 15.5 Å². The first kappa shape index (κ1) is 21.0. The van der Waals surface area contributed by atoms with E-state index in [4.69, 9.17) is 13.6 Å². The van der Waals surface area contributed by atoms with Crippen molar-refractivity contribution in [3.05, 3.63) is 46.8 Å². The second kappa shape index (κ2) is 8.47. The molecule has 1 aliphatic heterocycles. The largest absolute Gasteiger partial charge is 0.466 e. The molecule has 2 aromatic heterocycles. The summed E-state index contributed by atoms with van der Waals surface area (Å²) < 4.78 is 17.3. The maximum absolute atomic E-state index is 12.8. The molecule has 0 radical (unpaired) electrons. The summed E-state index contributed by atoms with van der Waals surface area (Å²) in [5.41, 5.74) is 1.19. The zero-order valence-electron chi connectivity index (χ0n) is 18.4. The molecule has 164 valence electrons. The Morgan fingerprint density at radius 2 is 1.97 bits per heavy atom. The standard InChI is InChI=1S/C23H33N3O4/c1-15-5-6-20(29-15)19(26-7-9-28-10-8-26)14-24-22(27)25-18-12-23(3,4)13-21-17(18)11-16(2)30-21/h5-6,11,18-19H,7-10,12-14H2,1-4H3,(H2,24,25,27). The minimum Gasteiger partial charge on any atom is -0.466 e. The number of carbonyl (C=O) groups excluding carboxylic acids is 1. The van der Waals surface area contributed by atoms with Crippen molar-refractivity contribution in [2.24, 2.45) is 5.41 Å². The number of aryl methyl sites for hydroxylation is 2. The second-order valence-electron chi connectivity index (χ2n) is 9.30. The highest BCUT2D eigenvalue weighted by Crippen LogP contribution is 2.42. The van der Waals surface area contributed by atoms with E-state index in [1.54, 1.807) is 0 Å². The van der Waals surface area contributed by atoms with E-state index in [1.807, 2.05) is 26.0 Å². The molecule has 1 fully saturated rings. The Morgan fingerprint density at radius 1 is 1.20 bits per heavy atom. The first-order valence-corrected chi connectivity index (χ1v) is 10.8. The smallest absolute Gasteiger partial charge is 0.315 e. The lowest BCUT2D eigenvalue weighted by Gasteiger charge is -2.35. The lowest BCUT2D eigenvalue weighted by molar-refractivity contribution is 0.0121. The number of carbonyl (C=O) groups is 1. The molecule has 30 heavy (non-hydrogen) atoms. The van der Waals surface area contributed by atoms with Gasteiger partial charge in [-0.25, -0.2) is 4.79 Å². The van der Waals surface area contributed by atoms with E-state index in [0.29, 0.717) is 19.8 Å². The molecule has 0 aromatic carbocycles. The Morgan fingerprint density at radius 3 is 2.67 bits per heavy atom. The summed E-state index contributed by atoms with van der Waals surface area (Å²) in [5.74, 6) is 3.64. The van der Waals surface area contributed by atoms with Crippen LogP contribution in [0.1, 0.15) is 61.0 Å². The Bertz CT molecular complexity index is 879. The van der Waals surface area contributed by atoms with E-state index < -0.39 is 0 Å². The monoisotopic (exact) mass is 415 g/mol. The molecule has 1 aliphatic carbocycles. The lowest BCUT2D eigenvalue weighted by Crippen LogP contribution is -2.47. The van der Waals surface area contributed by atoms with Crippen LogP contribution in [0, 0.1) is 19.3 Å². The van der Waals surface area contributed by atoms with Gasteiger partial charge in [0.05, 0.1) is 25.3 Å². The second-order valence-corrected chi connectivity index (χ2v) is 9.30. The summed E-state index contributed by atoms with van der Waals surface area (Å²) in [5, 5.41) is 6.25. The third-order valence-corrected chi connectivity index (χ3v) is 6.07. The number of hydrogen-bond acceptors (Lipinski definition) is 5. The van der Waals surface area contributed by atoms with Crippen molar-refractivity contribution in [2.45, 2.75) is 52.6 Å². The number of fused-ring (bicyclic) bond motifs is 1. The number of amides is 2. The van der Waals surface area contributed by atoms with Gasteiger partial charge in [0.25, 0.3) is 0 Å². The quantitative estimate of drug-likeness (QED) is 0.775. The minimum absolute atomic E-state index is 0.0112. The fraction of sp³-hybridized carbons (Fsp3) is 0.609. The zero-order chi connectivity index (χ0) is 21.3. The van der Waals surface area contributed by atoms with Crippen molar-refractivity contribution in [2.75, 3.05) is 32.8 Å². The molecule has 3 heterocycles. The fourth-order valence-corrected chi connectivity index (χ4v) is 4.64. The highest BCUT2D eigenvalue weighted by atomic mass is 16.5. The predicted molar refractivity (Wildman–Crippen MR) is 113 cm³/mol. The molecule has 2 unspecified atom stereocenters. The van der Waals surface area contributed by atoms with Crippen LogP contribution in [0.2, 0.25) is 0 Å². The third kappa shape index (κ3) is 4.73. The van der Waals surface area contributed by atoms with E-state index >= 15 is 0 Å². The van der Waals surface area contributed by atoms with Gasteiger partial charge >= 0.3 is 6.03 Å². The highest BCUT2D eigenvalue weighted by Gasteiger charge is 2.36. The fourth-order valence-electron chi connectivity index (χ4n) is 4.64. The summed E-state index contributed by atoms with van der Waals surface area (Å²) >= 11 is 0.